The van der Waals surface area contributed by atoms with Crippen molar-refractivity contribution in [1.82, 2.24) is 5.32 Å². The lowest BCUT2D eigenvalue weighted by Crippen LogP contribution is -2.65. The first-order valence-electron chi connectivity index (χ1n) is 40.4. The van der Waals surface area contributed by atoms with Crippen LogP contribution in [-0.4, -0.2) is 140 Å². The molecule has 0 bridgehead atoms. The zero-order chi connectivity index (χ0) is 68.7. The van der Waals surface area contributed by atoms with Gasteiger partial charge in [-0.2, -0.15) is 0 Å². The SMILES string of the molecule is CCCCCCC/C=C\C/C=C\CCCCCCCCCCCCCCCCCCCCCC(=O)NC(COC1OC(CO)C(OC2OC(CO)C(O)C(O)C2O)C(O)C1O)C(O)/C=C/CC/C=C/CCCCCCCCCCCCCCCCCCCCCCCCCC. The Morgan fingerprint density at radius 1 is 0.379 bits per heavy atom. The second-order valence-corrected chi connectivity index (χ2v) is 28.5. The number of amides is 1. The molecule has 2 aliphatic heterocycles. The number of aliphatic hydroxyl groups excluding tert-OH is 8. The molecule has 2 saturated heterocycles. The zero-order valence-electron chi connectivity index (χ0n) is 61.2. The van der Waals surface area contributed by atoms with E-state index in [0.29, 0.717) is 12.8 Å². The molecule has 0 aromatic rings. The molecule has 95 heavy (non-hydrogen) atoms. The summed E-state index contributed by atoms with van der Waals surface area (Å²) >= 11 is 0. The molecular formula is C81H151NO13. The molecule has 9 N–H and O–H groups in total. The Morgan fingerprint density at radius 3 is 1.09 bits per heavy atom. The molecule has 12 atom stereocenters. The predicted octanol–water partition coefficient (Wildman–Crippen LogP) is 18.2. The summed E-state index contributed by atoms with van der Waals surface area (Å²) in [6, 6.07) is -0.933. The third kappa shape index (κ3) is 48.4. The van der Waals surface area contributed by atoms with Crippen LogP contribution in [0.15, 0.2) is 48.6 Å². The Kier molecular flexibility index (Phi) is 61.2. The van der Waals surface area contributed by atoms with E-state index >= 15 is 0 Å². The van der Waals surface area contributed by atoms with E-state index in [1.54, 1.807) is 6.08 Å². The van der Waals surface area contributed by atoms with Crippen molar-refractivity contribution in [1.29, 1.82) is 0 Å². The summed E-state index contributed by atoms with van der Waals surface area (Å²) in [5.41, 5.74) is 0. The summed E-state index contributed by atoms with van der Waals surface area (Å²) in [5.74, 6) is -0.243. The van der Waals surface area contributed by atoms with Gasteiger partial charge in [0.25, 0.3) is 0 Å². The molecule has 0 radical (unpaired) electrons. The monoisotopic (exact) mass is 1350 g/mol. The van der Waals surface area contributed by atoms with Gasteiger partial charge in [0, 0.05) is 6.42 Å². The number of allylic oxidation sites excluding steroid dienone is 7. The fraction of sp³-hybridized carbons (Fsp3) is 0.889. The maximum atomic E-state index is 13.4. The van der Waals surface area contributed by atoms with Gasteiger partial charge in [-0.1, -0.05) is 345 Å². The Bertz CT molecular complexity index is 1780. The molecule has 2 aliphatic rings. The molecule has 1 amide bonds. The van der Waals surface area contributed by atoms with Crippen LogP contribution in [-0.2, 0) is 23.7 Å². The molecule has 558 valence electrons. The van der Waals surface area contributed by atoms with E-state index in [1.807, 2.05) is 6.08 Å². The van der Waals surface area contributed by atoms with E-state index in [0.717, 1.165) is 38.5 Å². The van der Waals surface area contributed by atoms with E-state index in [9.17, 15) is 45.6 Å². The van der Waals surface area contributed by atoms with Crippen LogP contribution >= 0.6 is 0 Å². The number of hydrogen-bond donors (Lipinski definition) is 9. The number of unbranched alkanes of at least 4 members (excludes halogenated alkanes) is 49. The van der Waals surface area contributed by atoms with E-state index in [4.69, 9.17) is 18.9 Å². The minimum Gasteiger partial charge on any atom is -0.394 e. The number of ether oxygens (including phenoxy) is 4. The smallest absolute Gasteiger partial charge is 0.220 e. The van der Waals surface area contributed by atoms with Gasteiger partial charge < -0.3 is 65.1 Å². The van der Waals surface area contributed by atoms with Gasteiger partial charge in [-0.15, -0.1) is 0 Å². The van der Waals surface area contributed by atoms with Crippen LogP contribution in [0.5, 0.6) is 0 Å². The fourth-order valence-corrected chi connectivity index (χ4v) is 13.3. The molecule has 14 heteroatoms. The van der Waals surface area contributed by atoms with Crippen molar-refractivity contribution in [2.75, 3.05) is 19.8 Å². The van der Waals surface area contributed by atoms with Crippen molar-refractivity contribution >= 4 is 5.91 Å². The minimum atomic E-state index is -1.79. The van der Waals surface area contributed by atoms with Gasteiger partial charge in [-0.25, -0.2) is 0 Å². The highest BCUT2D eigenvalue weighted by molar-refractivity contribution is 5.76. The van der Waals surface area contributed by atoms with Gasteiger partial charge in [0.1, 0.15) is 48.8 Å². The molecule has 0 aromatic heterocycles. The number of carbonyl (C=O) groups is 1. The van der Waals surface area contributed by atoms with Crippen molar-refractivity contribution in [2.45, 2.75) is 441 Å². The summed E-state index contributed by atoms with van der Waals surface area (Å²) in [7, 11) is 0. The van der Waals surface area contributed by atoms with E-state index in [1.165, 1.54) is 295 Å². The van der Waals surface area contributed by atoms with E-state index in [2.05, 4.69) is 55.6 Å². The van der Waals surface area contributed by atoms with Crippen molar-refractivity contribution in [3.63, 3.8) is 0 Å². The number of carbonyl (C=O) groups excluding carboxylic acids is 1. The second-order valence-electron chi connectivity index (χ2n) is 28.5. The molecule has 2 heterocycles. The van der Waals surface area contributed by atoms with Crippen LogP contribution in [0.1, 0.15) is 367 Å². The number of nitrogens with one attached hydrogen (secondary N) is 1. The quantitative estimate of drug-likeness (QED) is 0.0204. The summed E-state index contributed by atoms with van der Waals surface area (Å²) in [4.78, 5) is 13.4. The minimum absolute atomic E-state index is 0.243. The van der Waals surface area contributed by atoms with Crippen LogP contribution in [0, 0.1) is 0 Å². The molecule has 0 spiro atoms. The Hall–Kier alpha value is -2.05. The third-order valence-electron chi connectivity index (χ3n) is 19.7. The van der Waals surface area contributed by atoms with Crippen molar-refractivity contribution in [2.24, 2.45) is 0 Å². The maximum absolute atomic E-state index is 13.4. The van der Waals surface area contributed by atoms with Crippen LogP contribution in [0.4, 0.5) is 0 Å². The number of hydrogen-bond acceptors (Lipinski definition) is 13. The van der Waals surface area contributed by atoms with Crippen molar-refractivity contribution in [3.8, 4) is 0 Å². The van der Waals surface area contributed by atoms with E-state index in [-0.39, 0.29) is 18.9 Å². The molecule has 0 saturated carbocycles. The summed E-state index contributed by atoms with van der Waals surface area (Å²) < 4.78 is 22.9. The third-order valence-corrected chi connectivity index (χ3v) is 19.7. The van der Waals surface area contributed by atoms with Gasteiger partial charge in [0.15, 0.2) is 12.6 Å². The lowest BCUT2D eigenvalue weighted by molar-refractivity contribution is -0.359. The Morgan fingerprint density at radius 2 is 0.705 bits per heavy atom. The summed E-state index contributed by atoms with van der Waals surface area (Å²) in [5, 5.41) is 87.7. The first-order chi connectivity index (χ1) is 46.6. The molecule has 0 aliphatic carbocycles. The highest BCUT2D eigenvalue weighted by atomic mass is 16.7. The fourth-order valence-electron chi connectivity index (χ4n) is 13.3. The zero-order valence-corrected chi connectivity index (χ0v) is 61.2. The number of rotatable bonds is 68. The maximum Gasteiger partial charge on any atom is 0.220 e. The first kappa shape index (κ1) is 89.0. The molecule has 0 aromatic carbocycles. The van der Waals surface area contributed by atoms with Gasteiger partial charge in [0.2, 0.25) is 5.91 Å². The largest absolute Gasteiger partial charge is 0.394 e. The number of aliphatic hydroxyl groups is 8. The highest BCUT2D eigenvalue weighted by Gasteiger charge is 2.51. The normalized spacial score (nSPS) is 22.5. The summed E-state index contributed by atoms with van der Waals surface area (Å²) in [6.07, 6.45) is 70.6. The van der Waals surface area contributed by atoms with Crippen molar-refractivity contribution in [3.05, 3.63) is 48.6 Å². The van der Waals surface area contributed by atoms with Crippen LogP contribution in [0.2, 0.25) is 0 Å². The first-order valence-corrected chi connectivity index (χ1v) is 40.4. The average molecular weight is 1350 g/mol. The predicted molar refractivity (Wildman–Crippen MR) is 392 cm³/mol. The Labute approximate surface area is 582 Å². The van der Waals surface area contributed by atoms with Crippen LogP contribution in [0.3, 0.4) is 0 Å². The average Bonchev–Trinajstić information content (AvgIpc) is 0.801. The van der Waals surface area contributed by atoms with Crippen molar-refractivity contribution < 1.29 is 64.6 Å². The van der Waals surface area contributed by atoms with Gasteiger partial charge in [0.05, 0.1) is 32.0 Å². The highest BCUT2D eigenvalue weighted by Crippen LogP contribution is 2.30. The summed E-state index contributed by atoms with van der Waals surface area (Å²) in [6.45, 7) is 2.83. The molecule has 2 rings (SSSR count). The van der Waals surface area contributed by atoms with Gasteiger partial charge in [-0.3, -0.25) is 4.79 Å². The lowest BCUT2D eigenvalue weighted by Gasteiger charge is -2.46. The Balaban J connectivity index is 1.63. The topological polar surface area (TPSA) is 228 Å². The van der Waals surface area contributed by atoms with E-state index < -0.39 is 86.8 Å². The molecular weight excluding hydrogens is 1190 g/mol. The lowest BCUT2D eigenvalue weighted by atomic mass is 9.97. The molecule has 12 unspecified atom stereocenters. The van der Waals surface area contributed by atoms with Gasteiger partial charge in [-0.05, 0) is 64.2 Å². The second kappa shape index (κ2) is 65.3. The van der Waals surface area contributed by atoms with Crippen LogP contribution in [0.25, 0.3) is 0 Å². The molecule has 14 nitrogen and oxygen atoms in total. The van der Waals surface area contributed by atoms with Gasteiger partial charge >= 0.3 is 0 Å². The van der Waals surface area contributed by atoms with Crippen LogP contribution < -0.4 is 5.32 Å². The molecule has 2 fully saturated rings. The standard InChI is InChI=1S/C81H151NO13/c1-3-5-7-9-11-13-15-17-19-21-23-25-27-29-31-33-35-37-39-41-43-45-47-49-51-53-55-57-59-61-63-65-73(86)82-69(68-92-80-78(91)76(89)79(72(67-84)94-80)95-81-77(90)75(88)74(87)71(66-83)93-81)70(85)64-62-60-58-56-54-52-50-48-46-44-42-40-38-36-34-32-30-28-26-24-22-20-18-16-14-12-10-8-6-4-2/h15,17,21,23,54,56,62,64,69-72,74-81,83-85,87-91H,3-14,16,18-20,22,24-53,55,57-61,63,65-68H2,1-2H3,(H,82,86)/b17-15-,23-21-,56-54+,64-62+.